The smallest absolute Gasteiger partial charge is 0.198 e. The van der Waals surface area contributed by atoms with Gasteiger partial charge in [0.25, 0.3) is 0 Å². The summed E-state index contributed by atoms with van der Waals surface area (Å²) in [6.45, 7) is 6.45. The third kappa shape index (κ3) is 3.21. The van der Waals surface area contributed by atoms with Crippen molar-refractivity contribution in [3.8, 4) is 11.5 Å². The molecule has 0 amide bonds. The number of anilines is 1. The summed E-state index contributed by atoms with van der Waals surface area (Å²) in [6, 6.07) is 18.2. The van der Waals surface area contributed by atoms with Crippen LogP contribution in [0.15, 0.2) is 60.7 Å². The number of benzene rings is 3. The predicted octanol–water partition coefficient (Wildman–Crippen LogP) is 5.59. The zero-order chi connectivity index (χ0) is 20.8. The second kappa shape index (κ2) is 6.89. The summed E-state index contributed by atoms with van der Waals surface area (Å²) in [5.74, 6) is 0.633. The molecule has 29 heavy (non-hydrogen) atoms. The van der Waals surface area contributed by atoms with Crippen LogP contribution in [0.1, 0.15) is 58.2 Å². The number of hydrogen-bond acceptors (Lipinski definition) is 4. The quantitative estimate of drug-likeness (QED) is 0.499. The van der Waals surface area contributed by atoms with Gasteiger partial charge in [-0.15, -0.1) is 0 Å². The molecule has 0 unspecified atom stereocenters. The van der Waals surface area contributed by atoms with Crippen molar-refractivity contribution in [2.45, 2.75) is 26.2 Å². The van der Waals surface area contributed by atoms with Gasteiger partial charge in [0.1, 0.15) is 11.5 Å². The van der Waals surface area contributed by atoms with Crippen LogP contribution in [0.25, 0.3) is 0 Å². The van der Waals surface area contributed by atoms with Crippen LogP contribution >= 0.6 is 0 Å². The van der Waals surface area contributed by atoms with Gasteiger partial charge in [0.15, 0.2) is 11.6 Å². The molecule has 146 valence electrons. The van der Waals surface area contributed by atoms with Crippen molar-refractivity contribution in [2.75, 3.05) is 12.4 Å². The topological polar surface area (TPSA) is 55.4 Å². The van der Waals surface area contributed by atoms with Gasteiger partial charge in [-0.3, -0.25) is 9.59 Å². The lowest BCUT2D eigenvalue weighted by molar-refractivity contribution is 0.0977. The van der Waals surface area contributed by atoms with Gasteiger partial charge in [-0.2, -0.15) is 0 Å². The Kier molecular flexibility index (Phi) is 4.50. The lowest BCUT2D eigenvalue weighted by Gasteiger charge is -2.23. The van der Waals surface area contributed by atoms with E-state index in [0.717, 1.165) is 0 Å². The normalized spacial score (nSPS) is 13.0. The van der Waals surface area contributed by atoms with Gasteiger partial charge in [-0.1, -0.05) is 57.2 Å². The first-order chi connectivity index (χ1) is 13.8. The summed E-state index contributed by atoms with van der Waals surface area (Å²) in [5.41, 5.74) is 3.35. The summed E-state index contributed by atoms with van der Waals surface area (Å²) >= 11 is 0. The van der Waals surface area contributed by atoms with Crippen molar-refractivity contribution in [1.82, 2.24) is 0 Å². The first kappa shape index (κ1) is 18.9. The fraction of sp³-hybridized carbons (Fsp3) is 0.200. The summed E-state index contributed by atoms with van der Waals surface area (Å²) in [4.78, 5) is 26.4. The number of ether oxygens (including phenoxy) is 1. The van der Waals surface area contributed by atoms with Crippen LogP contribution in [0.5, 0.6) is 11.5 Å². The summed E-state index contributed by atoms with van der Waals surface area (Å²) in [6.07, 6.45) is 0. The number of rotatable bonds is 3. The van der Waals surface area contributed by atoms with E-state index in [9.17, 15) is 9.59 Å². The molecule has 1 N–H and O–H groups in total. The lowest BCUT2D eigenvalue weighted by Crippen LogP contribution is -2.23. The third-order valence-electron chi connectivity index (χ3n) is 5.26. The van der Waals surface area contributed by atoms with E-state index in [2.05, 4.69) is 26.1 Å². The highest BCUT2D eigenvalue weighted by molar-refractivity contribution is 6.31. The van der Waals surface area contributed by atoms with E-state index in [1.54, 1.807) is 43.4 Å². The molecular weight excluding hydrogens is 362 g/mol. The standard InChI is InChI=1S/C25H23NO3/c1-25(2,3)15-9-11-16(12-10-15)29-20-14-13-19(26-4)21-22(20)24(28)18-8-6-5-7-17(18)23(21)27/h5-14,26H,1-4H3. The van der Waals surface area contributed by atoms with Gasteiger partial charge < -0.3 is 10.1 Å². The second-order valence-electron chi connectivity index (χ2n) is 8.19. The minimum Gasteiger partial charge on any atom is -0.457 e. The molecule has 4 heteroatoms. The van der Waals surface area contributed by atoms with Gasteiger partial charge in [-0.05, 0) is 35.2 Å². The molecule has 3 aromatic carbocycles. The van der Waals surface area contributed by atoms with E-state index in [-0.39, 0.29) is 17.0 Å². The molecule has 1 aliphatic rings. The fourth-order valence-corrected chi connectivity index (χ4v) is 3.64. The SMILES string of the molecule is CNc1ccc(Oc2ccc(C(C)(C)C)cc2)c2c1C(=O)c1ccccc1C2=O. The molecule has 0 saturated carbocycles. The van der Waals surface area contributed by atoms with E-state index in [1.807, 2.05) is 24.3 Å². The Hall–Kier alpha value is -3.40. The van der Waals surface area contributed by atoms with Crippen LogP contribution in [-0.4, -0.2) is 18.6 Å². The molecule has 0 radical (unpaired) electrons. The highest BCUT2D eigenvalue weighted by Gasteiger charge is 2.34. The first-order valence-electron chi connectivity index (χ1n) is 9.63. The summed E-state index contributed by atoms with van der Waals surface area (Å²) < 4.78 is 6.08. The highest BCUT2D eigenvalue weighted by atomic mass is 16.5. The molecular formula is C25H23NO3. The maximum atomic E-state index is 13.3. The van der Waals surface area contributed by atoms with Crippen LogP contribution in [0.4, 0.5) is 5.69 Å². The zero-order valence-corrected chi connectivity index (χ0v) is 17.0. The number of nitrogens with one attached hydrogen (secondary N) is 1. The predicted molar refractivity (Wildman–Crippen MR) is 115 cm³/mol. The number of hydrogen-bond donors (Lipinski definition) is 1. The molecule has 1 aliphatic carbocycles. The molecule has 0 aromatic heterocycles. The van der Waals surface area contributed by atoms with Crippen LogP contribution in [0.3, 0.4) is 0 Å². The Morgan fingerprint density at radius 3 is 1.90 bits per heavy atom. The average Bonchev–Trinajstić information content (AvgIpc) is 2.71. The van der Waals surface area contributed by atoms with Gasteiger partial charge in [0.05, 0.1) is 11.1 Å². The molecule has 0 spiro atoms. The third-order valence-corrected chi connectivity index (χ3v) is 5.26. The Balaban J connectivity index is 1.81. The van der Waals surface area contributed by atoms with Gasteiger partial charge in [-0.25, -0.2) is 0 Å². The van der Waals surface area contributed by atoms with Crippen molar-refractivity contribution in [3.05, 3.63) is 88.5 Å². The number of carbonyl (C=O) groups excluding carboxylic acids is 2. The molecule has 3 aromatic rings. The summed E-state index contributed by atoms with van der Waals surface area (Å²) in [7, 11) is 1.74. The van der Waals surface area contributed by atoms with E-state index >= 15 is 0 Å². The second-order valence-corrected chi connectivity index (χ2v) is 8.19. The largest absolute Gasteiger partial charge is 0.457 e. The van der Waals surface area contributed by atoms with Crippen molar-refractivity contribution in [1.29, 1.82) is 0 Å². The van der Waals surface area contributed by atoms with Crippen molar-refractivity contribution >= 4 is 17.3 Å². The minimum atomic E-state index is -0.200. The molecule has 0 fully saturated rings. The lowest BCUT2D eigenvalue weighted by atomic mass is 9.82. The van der Waals surface area contributed by atoms with Crippen LogP contribution in [0, 0.1) is 0 Å². The Labute approximate surface area is 170 Å². The number of fused-ring (bicyclic) bond motifs is 2. The summed E-state index contributed by atoms with van der Waals surface area (Å²) in [5, 5.41) is 3.02. The maximum Gasteiger partial charge on any atom is 0.198 e. The number of carbonyl (C=O) groups is 2. The van der Waals surface area contributed by atoms with E-state index in [0.29, 0.717) is 39.4 Å². The van der Waals surface area contributed by atoms with Crippen molar-refractivity contribution in [2.24, 2.45) is 0 Å². The van der Waals surface area contributed by atoms with Crippen LogP contribution < -0.4 is 10.1 Å². The van der Waals surface area contributed by atoms with Crippen LogP contribution in [0.2, 0.25) is 0 Å². The van der Waals surface area contributed by atoms with E-state index in [1.165, 1.54) is 5.56 Å². The fourth-order valence-electron chi connectivity index (χ4n) is 3.64. The van der Waals surface area contributed by atoms with Crippen LogP contribution in [-0.2, 0) is 5.41 Å². The van der Waals surface area contributed by atoms with Gasteiger partial charge >= 0.3 is 0 Å². The highest BCUT2D eigenvalue weighted by Crippen LogP contribution is 2.39. The van der Waals surface area contributed by atoms with Gasteiger partial charge in [0, 0.05) is 23.9 Å². The maximum absolute atomic E-state index is 13.3. The number of ketones is 2. The molecule has 4 nitrogen and oxygen atoms in total. The molecule has 0 aliphatic heterocycles. The van der Waals surface area contributed by atoms with Crippen molar-refractivity contribution < 1.29 is 14.3 Å². The molecule has 0 heterocycles. The Morgan fingerprint density at radius 1 is 0.759 bits per heavy atom. The van der Waals surface area contributed by atoms with Gasteiger partial charge in [0.2, 0.25) is 0 Å². The Bertz CT molecular complexity index is 1120. The van der Waals surface area contributed by atoms with Crippen molar-refractivity contribution in [3.63, 3.8) is 0 Å². The first-order valence-corrected chi connectivity index (χ1v) is 9.63. The zero-order valence-electron chi connectivity index (χ0n) is 17.0. The average molecular weight is 385 g/mol. The Morgan fingerprint density at radius 2 is 1.34 bits per heavy atom. The molecule has 0 saturated heterocycles. The molecule has 0 bridgehead atoms. The molecule has 0 atom stereocenters. The van der Waals surface area contributed by atoms with E-state index < -0.39 is 0 Å². The molecule has 4 rings (SSSR count). The minimum absolute atomic E-state index is 0.0399. The van der Waals surface area contributed by atoms with E-state index in [4.69, 9.17) is 4.74 Å². The monoisotopic (exact) mass is 385 g/mol.